The van der Waals surface area contributed by atoms with Crippen LogP contribution in [0.2, 0.25) is 0 Å². The maximum atomic E-state index is 12.4. The third kappa shape index (κ3) is 6.32. The number of hydrogen-bond donors (Lipinski definition) is 3. The number of nitrogens with zero attached hydrogens (tertiary/aromatic N) is 1. The standard InChI is InChI=1S/C23H30N4O2/c1-17-9-11-19(25-22(28)12-10-18-7-3-4-8-20(18)24)15-21(17)26-23(29)16-27-13-5-2-6-14-27/h3-4,7-9,11,15H,2,5-6,10,12-14,16,24H2,1H3,(H,25,28)(H,26,29). The molecule has 0 radical (unpaired) electrons. The van der Waals surface area contributed by atoms with Crippen LogP contribution in [0.25, 0.3) is 0 Å². The summed E-state index contributed by atoms with van der Waals surface area (Å²) >= 11 is 0. The van der Waals surface area contributed by atoms with Crippen molar-refractivity contribution < 1.29 is 9.59 Å². The molecule has 1 aliphatic heterocycles. The lowest BCUT2D eigenvalue weighted by molar-refractivity contribution is -0.117. The maximum Gasteiger partial charge on any atom is 0.238 e. The smallest absolute Gasteiger partial charge is 0.238 e. The van der Waals surface area contributed by atoms with Crippen LogP contribution in [0.1, 0.15) is 36.8 Å². The van der Waals surface area contributed by atoms with E-state index >= 15 is 0 Å². The van der Waals surface area contributed by atoms with Crippen LogP contribution in [-0.4, -0.2) is 36.3 Å². The molecule has 2 amide bonds. The number of carbonyl (C=O) groups is 2. The highest BCUT2D eigenvalue weighted by Gasteiger charge is 2.15. The number of hydrogen-bond acceptors (Lipinski definition) is 4. The fourth-order valence-corrected chi connectivity index (χ4v) is 3.58. The summed E-state index contributed by atoms with van der Waals surface area (Å²) < 4.78 is 0. The Kier molecular flexibility index (Phi) is 7.25. The molecule has 154 valence electrons. The highest BCUT2D eigenvalue weighted by Crippen LogP contribution is 2.21. The number of rotatable bonds is 7. The lowest BCUT2D eigenvalue weighted by Crippen LogP contribution is -2.36. The summed E-state index contributed by atoms with van der Waals surface area (Å²) in [7, 11) is 0. The number of anilines is 3. The summed E-state index contributed by atoms with van der Waals surface area (Å²) in [6.45, 7) is 4.32. The number of nitrogens with two attached hydrogens (primary N) is 1. The number of likely N-dealkylation sites (tertiary alicyclic amines) is 1. The van der Waals surface area contributed by atoms with Crippen LogP contribution in [-0.2, 0) is 16.0 Å². The van der Waals surface area contributed by atoms with Crippen LogP contribution in [0.4, 0.5) is 17.1 Å². The summed E-state index contributed by atoms with van der Waals surface area (Å²) in [6, 6.07) is 13.1. The summed E-state index contributed by atoms with van der Waals surface area (Å²) in [6.07, 6.45) is 4.49. The van der Waals surface area contributed by atoms with Gasteiger partial charge in [-0.15, -0.1) is 0 Å². The Morgan fingerprint density at radius 1 is 1.00 bits per heavy atom. The van der Waals surface area contributed by atoms with Crippen LogP contribution in [0.3, 0.4) is 0 Å². The average Bonchev–Trinajstić information content (AvgIpc) is 2.70. The number of benzene rings is 2. The molecule has 0 aromatic heterocycles. The van der Waals surface area contributed by atoms with E-state index in [4.69, 9.17) is 5.73 Å². The quantitative estimate of drug-likeness (QED) is 0.627. The Morgan fingerprint density at radius 3 is 2.52 bits per heavy atom. The third-order valence-corrected chi connectivity index (χ3v) is 5.29. The van der Waals surface area contributed by atoms with Crippen LogP contribution >= 0.6 is 0 Å². The fourth-order valence-electron chi connectivity index (χ4n) is 3.58. The van der Waals surface area contributed by atoms with Crippen molar-refractivity contribution in [3.05, 3.63) is 53.6 Å². The minimum Gasteiger partial charge on any atom is -0.399 e. The predicted octanol–water partition coefficient (Wildman–Crippen LogP) is 3.57. The lowest BCUT2D eigenvalue weighted by atomic mass is 10.1. The molecule has 0 bridgehead atoms. The minimum absolute atomic E-state index is 0.0157. The van der Waals surface area contributed by atoms with E-state index in [9.17, 15) is 9.59 Å². The Labute approximate surface area is 172 Å². The van der Waals surface area contributed by atoms with Crippen molar-refractivity contribution in [2.45, 2.75) is 39.0 Å². The Hall–Kier alpha value is -2.86. The van der Waals surface area contributed by atoms with Crippen LogP contribution in [0.5, 0.6) is 0 Å². The van der Waals surface area contributed by atoms with Gasteiger partial charge in [-0.2, -0.15) is 0 Å². The van der Waals surface area contributed by atoms with Crippen molar-refractivity contribution in [2.75, 3.05) is 36.0 Å². The molecule has 1 heterocycles. The van der Waals surface area contributed by atoms with Crippen molar-refractivity contribution in [2.24, 2.45) is 0 Å². The molecule has 6 heteroatoms. The molecular weight excluding hydrogens is 364 g/mol. The summed E-state index contributed by atoms with van der Waals surface area (Å²) in [5.74, 6) is -0.0965. The van der Waals surface area contributed by atoms with E-state index in [0.717, 1.165) is 42.7 Å². The fraction of sp³-hybridized carbons (Fsp3) is 0.391. The van der Waals surface area contributed by atoms with Crippen LogP contribution in [0, 0.1) is 6.92 Å². The first-order chi connectivity index (χ1) is 14.0. The van der Waals surface area contributed by atoms with Crippen molar-refractivity contribution in [1.29, 1.82) is 0 Å². The van der Waals surface area contributed by atoms with Gasteiger partial charge in [0.25, 0.3) is 0 Å². The highest BCUT2D eigenvalue weighted by atomic mass is 16.2. The summed E-state index contributed by atoms with van der Waals surface area (Å²) in [4.78, 5) is 26.9. The number of nitrogen functional groups attached to an aromatic ring is 1. The zero-order chi connectivity index (χ0) is 20.6. The maximum absolute atomic E-state index is 12.4. The Balaban J connectivity index is 1.54. The number of carbonyl (C=O) groups excluding carboxylic acids is 2. The number of nitrogens with one attached hydrogen (secondary N) is 2. The second-order valence-corrected chi connectivity index (χ2v) is 7.66. The van der Waals surface area contributed by atoms with Gasteiger partial charge >= 0.3 is 0 Å². The normalized spacial score (nSPS) is 14.4. The topological polar surface area (TPSA) is 87.5 Å². The third-order valence-electron chi connectivity index (χ3n) is 5.29. The molecule has 3 rings (SSSR count). The second kappa shape index (κ2) is 10.1. The van der Waals surface area contributed by atoms with Crippen LogP contribution < -0.4 is 16.4 Å². The molecule has 1 aliphatic rings. The van der Waals surface area contributed by atoms with Gasteiger partial charge in [0.15, 0.2) is 0 Å². The van der Waals surface area contributed by atoms with Gasteiger partial charge in [0.05, 0.1) is 6.54 Å². The van der Waals surface area contributed by atoms with E-state index in [1.807, 2.05) is 49.4 Å². The van der Waals surface area contributed by atoms with E-state index < -0.39 is 0 Å². The van der Waals surface area contributed by atoms with E-state index in [2.05, 4.69) is 15.5 Å². The molecule has 2 aromatic carbocycles. The van der Waals surface area contributed by atoms with Crippen molar-refractivity contribution in [3.8, 4) is 0 Å². The van der Waals surface area contributed by atoms with Gasteiger partial charge in [0.2, 0.25) is 11.8 Å². The summed E-state index contributed by atoms with van der Waals surface area (Å²) in [5, 5.41) is 5.90. The molecule has 1 fully saturated rings. The van der Waals surface area contributed by atoms with Gasteiger partial charge in [-0.25, -0.2) is 0 Å². The predicted molar refractivity (Wildman–Crippen MR) is 118 cm³/mol. The average molecular weight is 395 g/mol. The monoisotopic (exact) mass is 394 g/mol. The molecule has 6 nitrogen and oxygen atoms in total. The van der Waals surface area contributed by atoms with Crippen LogP contribution in [0.15, 0.2) is 42.5 Å². The molecule has 0 spiro atoms. The zero-order valence-corrected chi connectivity index (χ0v) is 17.0. The molecule has 0 aliphatic carbocycles. The molecule has 1 saturated heterocycles. The molecule has 2 aromatic rings. The first-order valence-corrected chi connectivity index (χ1v) is 10.3. The molecule has 0 saturated carbocycles. The van der Waals surface area contributed by atoms with Crippen molar-refractivity contribution in [3.63, 3.8) is 0 Å². The van der Waals surface area contributed by atoms with Gasteiger partial charge in [0, 0.05) is 23.5 Å². The van der Waals surface area contributed by atoms with Gasteiger partial charge in [-0.05, 0) is 68.6 Å². The summed E-state index contributed by atoms with van der Waals surface area (Å²) in [5.41, 5.74) is 9.98. The van der Waals surface area contributed by atoms with Crippen molar-refractivity contribution in [1.82, 2.24) is 4.90 Å². The molecule has 4 N–H and O–H groups in total. The van der Waals surface area contributed by atoms with E-state index in [0.29, 0.717) is 30.8 Å². The SMILES string of the molecule is Cc1ccc(NC(=O)CCc2ccccc2N)cc1NC(=O)CN1CCCCC1. The number of aryl methyl sites for hydroxylation is 2. The molecular formula is C23H30N4O2. The van der Waals surface area contributed by atoms with E-state index in [1.165, 1.54) is 6.42 Å². The van der Waals surface area contributed by atoms with Crippen molar-refractivity contribution >= 4 is 28.9 Å². The van der Waals surface area contributed by atoms with Gasteiger partial charge in [-0.1, -0.05) is 30.7 Å². The largest absolute Gasteiger partial charge is 0.399 e. The van der Waals surface area contributed by atoms with Gasteiger partial charge in [-0.3, -0.25) is 14.5 Å². The molecule has 29 heavy (non-hydrogen) atoms. The Morgan fingerprint density at radius 2 is 1.76 bits per heavy atom. The first-order valence-electron chi connectivity index (χ1n) is 10.3. The highest BCUT2D eigenvalue weighted by molar-refractivity contribution is 5.95. The number of para-hydroxylation sites is 1. The number of amides is 2. The van der Waals surface area contributed by atoms with E-state index in [1.54, 1.807) is 0 Å². The van der Waals surface area contributed by atoms with E-state index in [-0.39, 0.29) is 11.8 Å². The number of piperidine rings is 1. The van der Waals surface area contributed by atoms with Gasteiger partial charge in [0.1, 0.15) is 0 Å². The zero-order valence-electron chi connectivity index (χ0n) is 17.0. The second-order valence-electron chi connectivity index (χ2n) is 7.66. The van der Waals surface area contributed by atoms with Gasteiger partial charge < -0.3 is 16.4 Å². The molecule has 0 unspecified atom stereocenters. The molecule has 0 atom stereocenters. The minimum atomic E-state index is -0.0808. The Bertz CT molecular complexity index is 860. The first kappa shape index (κ1) is 20.9. The lowest BCUT2D eigenvalue weighted by Gasteiger charge is -2.25.